The smallest absolute Gasteiger partial charge is 0.172 e. The molecule has 0 fully saturated rings. The van der Waals surface area contributed by atoms with Crippen molar-refractivity contribution in [3.63, 3.8) is 0 Å². The molecule has 0 radical (unpaired) electrons. The Morgan fingerprint density at radius 3 is 2.71 bits per heavy atom. The maximum absolute atomic E-state index is 11.8. The molecule has 4 heteroatoms. The first kappa shape index (κ1) is 14.4. The van der Waals surface area contributed by atoms with E-state index in [1.807, 2.05) is 20.8 Å². The molecule has 0 saturated heterocycles. The van der Waals surface area contributed by atoms with Gasteiger partial charge in [0.15, 0.2) is 5.78 Å². The topological polar surface area (TPSA) is 26.3 Å². The Hall–Kier alpha value is -0.670. The molecule has 94 valence electrons. The second-order valence-corrected chi connectivity index (χ2v) is 5.55. The fraction of sp³-hybridized carbons (Fsp3) is 0.462. The maximum atomic E-state index is 11.8. The minimum absolute atomic E-state index is 0.0738. The first-order valence-electron chi connectivity index (χ1n) is 5.61. The van der Waals surface area contributed by atoms with Crippen LogP contribution in [-0.2, 0) is 0 Å². The van der Waals surface area contributed by atoms with Gasteiger partial charge in [-0.3, -0.25) is 4.79 Å². The molecule has 0 spiro atoms. The normalized spacial score (nSPS) is 10.6. The van der Waals surface area contributed by atoms with E-state index >= 15 is 0 Å². The summed E-state index contributed by atoms with van der Waals surface area (Å²) < 4.78 is 5.51. The molecule has 2 nitrogen and oxygen atoms in total. The average molecular weight is 273 g/mol. The number of thioether (sulfide) groups is 1. The highest BCUT2D eigenvalue weighted by atomic mass is 35.5. The molecular weight excluding hydrogens is 256 g/mol. The van der Waals surface area contributed by atoms with E-state index < -0.39 is 0 Å². The summed E-state index contributed by atoms with van der Waals surface area (Å²) >= 11 is 7.68. The molecule has 0 amide bonds. The zero-order valence-electron chi connectivity index (χ0n) is 10.3. The summed E-state index contributed by atoms with van der Waals surface area (Å²) in [5.41, 5.74) is 0.645. The van der Waals surface area contributed by atoms with Crippen molar-refractivity contribution in [2.45, 2.75) is 26.9 Å². The van der Waals surface area contributed by atoms with E-state index in [1.165, 1.54) is 0 Å². The summed E-state index contributed by atoms with van der Waals surface area (Å²) in [5, 5.41) is 0.492. The van der Waals surface area contributed by atoms with Crippen molar-refractivity contribution < 1.29 is 9.53 Å². The van der Waals surface area contributed by atoms with E-state index in [9.17, 15) is 4.79 Å². The fourth-order valence-corrected chi connectivity index (χ4v) is 2.08. The number of hydrogen-bond acceptors (Lipinski definition) is 3. The Labute approximate surface area is 112 Å². The van der Waals surface area contributed by atoms with Crippen LogP contribution in [0.25, 0.3) is 0 Å². The molecule has 1 aromatic carbocycles. The van der Waals surface area contributed by atoms with Crippen LogP contribution in [0.1, 0.15) is 31.1 Å². The highest BCUT2D eigenvalue weighted by Crippen LogP contribution is 2.26. The fourth-order valence-electron chi connectivity index (χ4n) is 1.30. The van der Waals surface area contributed by atoms with Gasteiger partial charge in [0, 0.05) is 5.56 Å². The van der Waals surface area contributed by atoms with E-state index in [4.69, 9.17) is 16.3 Å². The van der Waals surface area contributed by atoms with Crippen molar-refractivity contribution in [3.8, 4) is 5.75 Å². The standard InChI is InChI=1S/C13H17ClO2S/c1-4-17-8-12(15)10-5-6-13(11(14)7-10)16-9(2)3/h5-7,9H,4,8H2,1-3H3. The van der Waals surface area contributed by atoms with E-state index in [0.717, 1.165) is 5.75 Å². The van der Waals surface area contributed by atoms with Crippen LogP contribution in [0.3, 0.4) is 0 Å². The van der Waals surface area contributed by atoms with E-state index in [1.54, 1.807) is 30.0 Å². The predicted octanol–water partition coefficient (Wildman–Crippen LogP) is 4.06. The highest BCUT2D eigenvalue weighted by Gasteiger charge is 2.10. The minimum atomic E-state index is 0.0738. The van der Waals surface area contributed by atoms with Crippen molar-refractivity contribution in [1.82, 2.24) is 0 Å². The van der Waals surface area contributed by atoms with Crippen LogP contribution in [0.2, 0.25) is 5.02 Å². The van der Waals surface area contributed by atoms with Crippen LogP contribution in [0.4, 0.5) is 0 Å². The van der Waals surface area contributed by atoms with Crippen LogP contribution in [-0.4, -0.2) is 23.4 Å². The van der Waals surface area contributed by atoms with Crippen LogP contribution in [0.15, 0.2) is 18.2 Å². The molecule has 17 heavy (non-hydrogen) atoms. The largest absolute Gasteiger partial charge is 0.489 e. The number of carbonyl (C=O) groups is 1. The lowest BCUT2D eigenvalue weighted by molar-refractivity contribution is 0.102. The van der Waals surface area contributed by atoms with Crippen molar-refractivity contribution in [1.29, 1.82) is 0 Å². The third kappa shape index (κ3) is 4.60. The molecule has 0 atom stereocenters. The first-order chi connectivity index (χ1) is 8.04. The molecule has 0 aliphatic rings. The summed E-state index contributed by atoms with van der Waals surface area (Å²) in [6.07, 6.45) is 0.0738. The van der Waals surface area contributed by atoms with Crippen molar-refractivity contribution >= 4 is 29.1 Å². The monoisotopic (exact) mass is 272 g/mol. The van der Waals surface area contributed by atoms with Gasteiger partial charge in [0.25, 0.3) is 0 Å². The average Bonchev–Trinajstić information content (AvgIpc) is 2.28. The minimum Gasteiger partial charge on any atom is -0.489 e. The molecule has 0 saturated carbocycles. The third-order valence-corrected chi connectivity index (χ3v) is 3.22. The van der Waals surface area contributed by atoms with Gasteiger partial charge in [-0.05, 0) is 37.8 Å². The lowest BCUT2D eigenvalue weighted by Crippen LogP contribution is -2.07. The molecule has 0 aromatic heterocycles. The Balaban J connectivity index is 2.77. The SMILES string of the molecule is CCSCC(=O)c1ccc(OC(C)C)c(Cl)c1. The zero-order chi connectivity index (χ0) is 12.8. The Kier molecular flexibility index (Phi) is 5.86. The van der Waals surface area contributed by atoms with E-state index in [2.05, 4.69) is 0 Å². The first-order valence-corrected chi connectivity index (χ1v) is 7.15. The quantitative estimate of drug-likeness (QED) is 0.731. The predicted molar refractivity (Wildman–Crippen MR) is 74.5 cm³/mol. The summed E-state index contributed by atoms with van der Waals surface area (Å²) in [4.78, 5) is 11.8. The van der Waals surface area contributed by atoms with Crippen molar-refractivity contribution in [3.05, 3.63) is 28.8 Å². The van der Waals surface area contributed by atoms with Gasteiger partial charge in [-0.2, -0.15) is 11.8 Å². The van der Waals surface area contributed by atoms with Crippen LogP contribution < -0.4 is 4.74 Å². The Morgan fingerprint density at radius 1 is 1.47 bits per heavy atom. The van der Waals surface area contributed by atoms with E-state index in [-0.39, 0.29) is 11.9 Å². The molecular formula is C13H17ClO2S. The van der Waals surface area contributed by atoms with Gasteiger partial charge >= 0.3 is 0 Å². The van der Waals surface area contributed by atoms with Crippen LogP contribution in [0.5, 0.6) is 5.75 Å². The summed E-state index contributed by atoms with van der Waals surface area (Å²) in [6.45, 7) is 5.91. The van der Waals surface area contributed by atoms with Gasteiger partial charge in [-0.15, -0.1) is 0 Å². The van der Waals surface area contributed by atoms with Crippen molar-refractivity contribution in [2.24, 2.45) is 0 Å². The molecule has 0 aliphatic heterocycles. The number of hydrogen-bond donors (Lipinski definition) is 0. The van der Waals surface area contributed by atoms with E-state index in [0.29, 0.717) is 22.1 Å². The molecule has 1 rings (SSSR count). The number of benzene rings is 1. The highest BCUT2D eigenvalue weighted by molar-refractivity contribution is 7.99. The maximum Gasteiger partial charge on any atom is 0.172 e. The third-order valence-electron chi connectivity index (χ3n) is 2.05. The molecule has 0 bridgehead atoms. The van der Waals surface area contributed by atoms with Crippen molar-refractivity contribution in [2.75, 3.05) is 11.5 Å². The number of ether oxygens (including phenoxy) is 1. The summed E-state index contributed by atoms with van der Waals surface area (Å²) in [6, 6.07) is 5.20. The van der Waals surface area contributed by atoms with Crippen LogP contribution in [0, 0.1) is 0 Å². The lowest BCUT2D eigenvalue weighted by Gasteiger charge is -2.11. The van der Waals surface area contributed by atoms with Gasteiger partial charge in [-0.25, -0.2) is 0 Å². The second-order valence-electron chi connectivity index (χ2n) is 3.87. The summed E-state index contributed by atoms with van der Waals surface area (Å²) in [7, 11) is 0. The van der Waals surface area contributed by atoms with Gasteiger partial charge in [0.05, 0.1) is 16.9 Å². The zero-order valence-corrected chi connectivity index (χ0v) is 11.9. The molecule has 1 aromatic rings. The van der Waals surface area contributed by atoms with Crippen LogP contribution >= 0.6 is 23.4 Å². The number of halogens is 1. The Bertz CT molecular complexity index is 391. The van der Waals surface area contributed by atoms with Gasteiger partial charge < -0.3 is 4.74 Å². The number of rotatable bonds is 6. The Morgan fingerprint density at radius 2 is 2.18 bits per heavy atom. The second kappa shape index (κ2) is 6.92. The van der Waals surface area contributed by atoms with Gasteiger partial charge in [-0.1, -0.05) is 18.5 Å². The number of ketones is 1. The molecule has 0 unspecified atom stereocenters. The number of carbonyl (C=O) groups excluding carboxylic acids is 1. The van der Waals surface area contributed by atoms with Gasteiger partial charge in [0.1, 0.15) is 5.75 Å². The van der Waals surface area contributed by atoms with Gasteiger partial charge in [0.2, 0.25) is 0 Å². The summed E-state index contributed by atoms with van der Waals surface area (Å²) in [5.74, 6) is 2.17. The molecule has 0 N–H and O–H groups in total. The molecule has 0 aliphatic carbocycles. The number of Topliss-reactive ketones (excluding diaryl/α,β-unsaturated/α-hetero) is 1. The molecule has 0 heterocycles. The lowest BCUT2D eigenvalue weighted by atomic mass is 10.1.